The largest absolute Gasteiger partial charge is 0.394 e. The fourth-order valence-corrected chi connectivity index (χ4v) is 1.40. The molecule has 1 aromatic rings. The molecule has 0 aliphatic rings. The van der Waals surface area contributed by atoms with Gasteiger partial charge in [0.2, 0.25) is 0 Å². The summed E-state index contributed by atoms with van der Waals surface area (Å²) in [5.41, 5.74) is 11.9. The summed E-state index contributed by atoms with van der Waals surface area (Å²) in [5.74, 6) is 1.37. The average Bonchev–Trinajstić information content (AvgIpc) is 2.43. The normalized spacial score (nSPS) is 11.1. The molecule has 0 aromatic carbocycles. The molecule has 4 nitrogen and oxygen atoms in total. The number of aryl methyl sites for hydroxylation is 1. The Balaban J connectivity index is 2.28. The van der Waals surface area contributed by atoms with Gasteiger partial charge in [0.15, 0.2) is 0 Å². The molecule has 14 heavy (non-hydrogen) atoms. The van der Waals surface area contributed by atoms with Crippen LogP contribution < -0.4 is 11.5 Å². The van der Waals surface area contributed by atoms with Crippen molar-refractivity contribution in [2.24, 2.45) is 5.92 Å². The van der Waals surface area contributed by atoms with Gasteiger partial charge < -0.3 is 11.5 Å². The average molecular weight is 196 g/mol. The van der Waals surface area contributed by atoms with E-state index >= 15 is 0 Å². The molecule has 0 saturated carbocycles. The van der Waals surface area contributed by atoms with E-state index in [4.69, 9.17) is 11.5 Å². The summed E-state index contributed by atoms with van der Waals surface area (Å²) in [4.78, 5) is 0. The second-order valence-electron chi connectivity index (χ2n) is 4.10. The number of aromatic nitrogens is 2. The first kappa shape index (κ1) is 10.9. The fraction of sp³-hybridized carbons (Fsp3) is 0.700. The molecule has 0 radical (unpaired) electrons. The Kier molecular flexibility index (Phi) is 3.80. The van der Waals surface area contributed by atoms with Crippen LogP contribution in [0.3, 0.4) is 0 Å². The van der Waals surface area contributed by atoms with Crippen molar-refractivity contribution >= 4 is 11.5 Å². The highest BCUT2D eigenvalue weighted by Gasteiger charge is 2.03. The van der Waals surface area contributed by atoms with E-state index in [9.17, 15) is 0 Å². The van der Waals surface area contributed by atoms with Gasteiger partial charge >= 0.3 is 0 Å². The lowest BCUT2D eigenvalue weighted by molar-refractivity contribution is 0.494. The fourth-order valence-electron chi connectivity index (χ4n) is 1.40. The quantitative estimate of drug-likeness (QED) is 0.706. The number of unbranched alkanes of at least 4 members (excludes halogenated alkanes) is 1. The van der Waals surface area contributed by atoms with Crippen molar-refractivity contribution < 1.29 is 0 Å². The zero-order valence-electron chi connectivity index (χ0n) is 9.03. The minimum absolute atomic E-state index is 0.578. The van der Waals surface area contributed by atoms with E-state index in [1.807, 2.05) is 0 Å². The molecule has 80 valence electrons. The van der Waals surface area contributed by atoms with E-state index in [-0.39, 0.29) is 0 Å². The van der Waals surface area contributed by atoms with E-state index in [1.54, 1.807) is 10.9 Å². The van der Waals surface area contributed by atoms with Crippen molar-refractivity contribution in [1.82, 2.24) is 9.78 Å². The van der Waals surface area contributed by atoms with Crippen LogP contribution in [-0.4, -0.2) is 9.78 Å². The second-order valence-corrected chi connectivity index (χ2v) is 4.10. The van der Waals surface area contributed by atoms with Crippen molar-refractivity contribution in [1.29, 1.82) is 0 Å². The van der Waals surface area contributed by atoms with Crippen molar-refractivity contribution in [2.75, 3.05) is 11.5 Å². The van der Waals surface area contributed by atoms with Gasteiger partial charge in [0.25, 0.3) is 0 Å². The summed E-state index contributed by atoms with van der Waals surface area (Å²) < 4.78 is 1.77. The van der Waals surface area contributed by atoms with E-state index in [0.717, 1.165) is 18.9 Å². The van der Waals surface area contributed by atoms with Gasteiger partial charge in [-0.3, -0.25) is 0 Å². The maximum Gasteiger partial charge on any atom is 0.145 e. The first-order valence-electron chi connectivity index (χ1n) is 5.18. The molecule has 0 unspecified atom stereocenters. The lowest BCUT2D eigenvalue weighted by atomic mass is 10.1. The second kappa shape index (κ2) is 4.88. The third-order valence-electron chi connectivity index (χ3n) is 2.31. The van der Waals surface area contributed by atoms with E-state index < -0.39 is 0 Å². The van der Waals surface area contributed by atoms with Crippen LogP contribution in [0.15, 0.2) is 6.20 Å². The molecule has 0 fully saturated rings. The number of hydrogen-bond donors (Lipinski definition) is 2. The molecule has 1 rings (SSSR count). The van der Waals surface area contributed by atoms with Crippen molar-refractivity contribution in [3.63, 3.8) is 0 Å². The molecule has 0 aliphatic carbocycles. The monoisotopic (exact) mass is 196 g/mol. The van der Waals surface area contributed by atoms with Gasteiger partial charge in [0.1, 0.15) is 5.82 Å². The third kappa shape index (κ3) is 2.94. The van der Waals surface area contributed by atoms with Gasteiger partial charge in [0, 0.05) is 6.54 Å². The molecule has 4 heteroatoms. The summed E-state index contributed by atoms with van der Waals surface area (Å²) in [6.45, 7) is 5.34. The van der Waals surface area contributed by atoms with Gasteiger partial charge in [-0.15, -0.1) is 0 Å². The standard InChI is InChI=1S/C10H20N4/c1-8(2)5-3-4-6-14-10(12)9(11)7-13-14/h7-8H,3-6,11-12H2,1-2H3. The Hall–Kier alpha value is -1.19. The van der Waals surface area contributed by atoms with Crippen LogP contribution in [0.1, 0.15) is 33.1 Å². The van der Waals surface area contributed by atoms with Gasteiger partial charge in [0.05, 0.1) is 11.9 Å². The highest BCUT2D eigenvalue weighted by Crippen LogP contribution is 2.14. The molecule has 0 spiro atoms. The first-order chi connectivity index (χ1) is 6.61. The van der Waals surface area contributed by atoms with Crippen LogP contribution in [0.4, 0.5) is 11.5 Å². The molecule has 0 bridgehead atoms. The van der Waals surface area contributed by atoms with Crippen LogP contribution in [0, 0.1) is 5.92 Å². The minimum atomic E-state index is 0.578. The van der Waals surface area contributed by atoms with E-state index in [1.165, 1.54) is 12.8 Å². The number of nitrogens with two attached hydrogens (primary N) is 2. The summed E-state index contributed by atoms with van der Waals surface area (Å²) in [6.07, 6.45) is 5.20. The van der Waals surface area contributed by atoms with E-state index in [0.29, 0.717) is 11.5 Å². The first-order valence-corrected chi connectivity index (χ1v) is 5.18. The summed E-state index contributed by atoms with van der Waals surface area (Å²) in [5, 5.41) is 4.10. The minimum Gasteiger partial charge on any atom is -0.394 e. The highest BCUT2D eigenvalue weighted by molar-refractivity contribution is 5.56. The van der Waals surface area contributed by atoms with Gasteiger partial charge in [-0.1, -0.05) is 26.7 Å². The molecule has 0 atom stereocenters. The molecule has 4 N–H and O–H groups in total. The van der Waals surface area contributed by atoms with Crippen molar-refractivity contribution in [2.45, 2.75) is 39.7 Å². The Morgan fingerprint density at radius 3 is 2.57 bits per heavy atom. The maximum atomic E-state index is 5.72. The SMILES string of the molecule is CC(C)CCCCn1ncc(N)c1N. The Labute approximate surface area is 85.3 Å². The number of nitrogens with zero attached hydrogens (tertiary/aromatic N) is 2. The van der Waals surface area contributed by atoms with Crippen LogP contribution in [0.2, 0.25) is 0 Å². The van der Waals surface area contributed by atoms with E-state index in [2.05, 4.69) is 18.9 Å². The zero-order valence-corrected chi connectivity index (χ0v) is 9.03. The third-order valence-corrected chi connectivity index (χ3v) is 2.31. The molecule has 0 saturated heterocycles. The number of nitrogen functional groups attached to an aromatic ring is 2. The predicted octanol–water partition coefficient (Wildman–Crippen LogP) is 1.87. The topological polar surface area (TPSA) is 69.9 Å². The summed E-state index contributed by atoms with van der Waals surface area (Å²) in [6, 6.07) is 0. The Morgan fingerprint density at radius 1 is 1.36 bits per heavy atom. The molecule has 0 aliphatic heterocycles. The molecule has 1 heterocycles. The predicted molar refractivity (Wildman–Crippen MR) is 59.7 cm³/mol. The molecular formula is C10H20N4. The van der Waals surface area contributed by atoms with Gasteiger partial charge in [-0.2, -0.15) is 5.10 Å². The summed E-state index contributed by atoms with van der Waals surface area (Å²) >= 11 is 0. The zero-order chi connectivity index (χ0) is 10.6. The van der Waals surface area contributed by atoms with Gasteiger partial charge in [-0.25, -0.2) is 4.68 Å². The number of anilines is 2. The molecule has 1 aromatic heterocycles. The van der Waals surface area contributed by atoms with Crippen LogP contribution >= 0.6 is 0 Å². The lowest BCUT2D eigenvalue weighted by Gasteiger charge is -2.05. The van der Waals surface area contributed by atoms with Gasteiger partial charge in [-0.05, 0) is 12.3 Å². The van der Waals surface area contributed by atoms with Crippen molar-refractivity contribution in [3.05, 3.63) is 6.20 Å². The van der Waals surface area contributed by atoms with Crippen LogP contribution in [0.25, 0.3) is 0 Å². The Morgan fingerprint density at radius 2 is 2.07 bits per heavy atom. The smallest absolute Gasteiger partial charge is 0.145 e. The maximum absolute atomic E-state index is 5.72. The molecular weight excluding hydrogens is 176 g/mol. The number of rotatable bonds is 5. The highest BCUT2D eigenvalue weighted by atomic mass is 15.3. The lowest BCUT2D eigenvalue weighted by Crippen LogP contribution is -2.05. The van der Waals surface area contributed by atoms with Crippen LogP contribution in [0.5, 0.6) is 0 Å². The summed E-state index contributed by atoms with van der Waals surface area (Å²) in [7, 11) is 0. The number of hydrogen-bond acceptors (Lipinski definition) is 3. The molecule has 0 amide bonds. The van der Waals surface area contributed by atoms with Crippen LogP contribution in [-0.2, 0) is 6.54 Å². The Bertz CT molecular complexity index is 278. The van der Waals surface area contributed by atoms with Crippen molar-refractivity contribution in [3.8, 4) is 0 Å².